The zero-order chi connectivity index (χ0) is 45.9. The zero-order valence-electron chi connectivity index (χ0n) is 35.3. The molecule has 2 aromatic heterocycles. The van der Waals surface area contributed by atoms with Crippen LogP contribution in [-0.2, 0) is 30.6 Å². The Morgan fingerprint density at radius 3 is 2.36 bits per heavy atom. The van der Waals surface area contributed by atoms with Crippen molar-refractivity contribution in [2.24, 2.45) is 11.3 Å². The average Bonchev–Trinajstić information content (AvgIpc) is 4.16. The van der Waals surface area contributed by atoms with Gasteiger partial charge in [0.05, 0.1) is 17.4 Å². The van der Waals surface area contributed by atoms with Gasteiger partial charge in [0.15, 0.2) is 5.82 Å². The lowest BCUT2D eigenvalue weighted by Crippen LogP contribution is -2.58. The first kappa shape index (κ1) is 44.1. The van der Waals surface area contributed by atoms with Gasteiger partial charge in [0.25, 0.3) is 17.7 Å². The van der Waals surface area contributed by atoms with Gasteiger partial charge in [-0.3, -0.25) is 23.9 Å². The van der Waals surface area contributed by atoms with Gasteiger partial charge in [0.1, 0.15) is 34.8 Å². The van der Waals surface area contributed by atoms with Crippen LogP contribution >= 0.6 is 0 Å². The molecule has 336 valence electrons. The number of hydrogen-bond donors (Lipinski definition) is 4. The molecule has 3 fully saturated rings. The van der Waals surface area contributed by atoms with Gasteiger partial charge >= 0.3 is 6.18 Å². The van der Waals surface area contributed by atoms with Crippen molar-refractivity contribution in [1.29, 1.82) is 0 Å². The molecule has 8 rings (SSSR count). The predicted molar refractivity (Wildman–Crippen MR) is 230 cm³/mol. The van der Waals surface area contributed by atoms with Crippen molar-refractivity contribution in [3.8, 4) is 17.3 Å². The molecule has 2 aliphatic carbocycles. The largest absolute Gasteiger partial charge is 0.470 e. The van der Waals surface area contributed by atoms with Crippen molar-refractivity contribution in [1.82, 2.24) is 30.2 Å². The number of carbonyl (C=O) groups is 4. The number of nitrogens with zero attached hydrogens (tertiary/aromatic N) is 3. The van der Waals surface area contributed by atoms with Gasteiger partial charge in [-0.15, -0.1) is 6.58 Å². The number of amides is 4. The van der Waals surface area contributed by atoms with Gasteiger partial charge in [0, 0.05) is 41.6 Å². The van der Waals surface area contributed by atoms with E-state index in [1.807, 2.05) is 20.8 Å². The Kier molecular flexibility index (Phi) is 11.2. The smallest absolute Gasteiger partial charge is 0.416 e. The van der Waals surface area contributed by atoms with E-state index in [0.717, 1.165) is 12.1 Å². The van der Waals surface area contributed by atoms with E-state index >= 15 is 4.79 Å². The number of hydrogen-bond acceptors (Lipinski definition) is 11. The summed E-state index contributed by atoms with van der Waals surface area (Å²) in [7, 11) is -2.49. The Morgan fingerprint density at radius 1 is 1.00 bits per heavy atom. The first-order valence-electron chi connectivity index (χ1n) is 20.7. The van der Waals surface area contributed by atoms with E-state index in [-0.39, 0.29) is 48.1 Å². The van der Waals surface area contributed by atoms with Crippen molar-refractivity contribution in [2.45, 2.75) is 81.6 Å². The van der Waals surface area contributed by atoms with Crippen LogP contribution < -0.4 is 25.4 Å². The first-order chi connectivity index (χ1) is 30.2. The molecule has 3 aromatic carbocycles. The molecule has 2 saturated carbocycles. The second-order valence-corrected chi connectivity index (χ2v) is 19.4. The van der Waals surface area contributed by atoms with Crippen LogP contribution in [0, 0.1) is 11.3 Å². The Morgan fingerprint density at radius 2 is 1.72 bits per heavy atom. The topological polar surface area (TPSA) is 202 Å². The Bertz CT molecular complexity index is 2800. The first-order valence-corrected chi connectivity index (χ1v) is 22.2. The van der Waals surface area contributed by atoms with Crippen LogP contribution in [0.4, 0.5) is 18.9 Å². The van der Waals surface area contributed by atoms with E-state index in [4.69, 9.17) is 9.15 Å². The molecule has 5 aromatic rings. The van der Waals surface area contributed by atoms with Gasteiger partial charge in [0.2, 0.25) is 27.4 Å². The van der Waals surface area contributed by atoms with Gasteiger partial charge in [-0.05, 0) is 67.1 Å². The highest BCUT2D eigenvalue weighted by molar-refractivity contribution is 7.91. The highest BCUT2D eigenvalue weighted by Crippen LogP contribution is 2.46. The van der Waals surface area contributed by atoms with E-state index in [2.05, 4.69) is 37.2 Å². The number of furan rings is 1. The summed E-state index contributed by atoms with van der Waals surface area (Å²) in [5.41, 5.74) is -1.42. The quantitative estimate of drug-likeness (QED) is 0.102. The number of anilines is 1. The van der Waals surface area contributed by atoms with Crippen LogP contribution in [0.1, 0.15) is 62.4 Å². The number of likely N-dealkylation sites (tertiary alicyclic amines) is 1. The van der Waals surface area contributed by atoms with Crippen LogP contribution in [0.25, 0.3) is 33.5 Å². The third-order valence-corrected chi connectivity index (χ3v) is 13.6. The van der Waals surface area contributed by atoms with E-state index in [1.165, 1.54) is 30.2 Å². The molecule has 5 atom stereocenters. The van der Waals surface area contributed by atoms with E-state index in [0.29, 0.717) is 40.6 Å². The molecule has 4 amide bonds. The maximum atomic E-state index is 15.0. The molecular weight excluding hydrogens is 856 g/mol. The predicted octanol–water partition coefficient (Wildman–Crippen LogP) is 5.97. The van der Waals surface area contributed by atoms with Crippen LogP contribution in [0.2, 0.25) is 0 Å². The summed E-state index contributed by atoms with van der Waals surface area (Å²) in [5, 5.41) is 8.49. The monoisotopic (exact) mass is 901 g/mol. The lowest BCUT2D eigenvalue weighted by Gasteiger charge is -2.36. The highest BCUT2D eigenvalue weighted by Gasteiger charge is 2.62. The van der Waals surface area contributed by atoms with E-state index in [9.17, 15) is 36.0 Å². The third kappa shape index (κ3) is 8.59. The summed E-state index contributed by atoms with van der Waals surface area (Å²) in [6.07, 6.45) is -3.33. The summed E-state index contributed by atoms with van der Waals surface area (Å²) in [5.74, 6) is -3.21. The summed E-state index contributed by atoms with van der Waals surface area (Å²) in [4.78, 5) is 66.4. The maximum absolute atomic E-state index is 15.0. The van der Waals surface area contributed by atoms with Crippen molar-refractivity contribution in [3.63, 3.8) is 0 Å². The number of ether oxygens (including phenoxy) is 1. The summed E-state index contributed by atoms with van der Waals surface area (Å²) in [6.45, 7) is 9.06. The van der Waals surface area contributed by atoms with Gasteiger partial charge < -0.3 is 30.0 Å². The second-order valence-electron chi connectivity index (χ2n) is 17.5. The minimum Gasteiger partial charge on any atom is -0.470 e. The Labute approximate surface area is 366 Å². The van der Waals surface area contributed by atoms with Crippen LogP contribution in [0.15, 0.2) is 89.9 Å². The fraction of sp³-hybridized carbons (Fsp3) is 0.378. The standard InChI is InChI=1S/C45H46F3N7O8S/c1-6-26-22-44(26,42(59)54-64(60,61)30-18-19-30)53-39(57)32-21-29(23-55(32)41(58)36(43(2,3)4)50-28-11-9-10-25(20-28)38(56)49-5)62-40-35-34(31-12-7-8-13-33(31)63-35)51-37(52-40)24-14-16-27(17-15-24)45(46,47)48/h6-17,20,26,29-30,32,36,50H,1,18-19,21-23H2,2-5H3,(H,49,56)(H,53,57)(H,54,59)/t26-,29-,32+,36-,44-/m1/s1. The molecule has 0 spiro atoms. The average molecular weight is 902 g/mol. The van der Waals surface area contributed by atoms with Crippen LogP contribution in [0.3, 0.4) is 0 Å². The minimum atomic E-state index is -4.58. The molecule has 0 unspecified atom stereocenters. The normalized spacial score (nSPS) is 21.5. The summed E-state index contributed by atoms with van der Waals surface area (Å²) < 4.78 is 81.1. The molecule has 15 nitrogen and oxygen atoms in total. The lowest BCUT2D eigenvalue weighted by molar-refractivity contribution is -0.141. The molecule has 4 N–H and O–H groups in total. The fourth-order valence-corrected chi connectivity index (χ4v) is 9.37. The Balaban J connectivity index is 1.16. The van der Waals surface area contributed by atoms with E-state index < -0.39 is 79.8 Å². The van der Waals surface area contributed by atoms with Gasteiger partial charge in [-0.25, -0.2) is 13.4 Å². The van der Waals surface area contributed by atoms with E-state index in [1.54, 1.807) is 48.5 Å². The molecule has 64 heavy (non-hydrogen) atoms. The van der Waals surface area contributed by atoms with Crippen molar-refractivity contribution in [2.75, 3.05) is 18.9 Å². The lowest BCUT2D eigenvalue weighted by atomic mass is 9.85. The van der Waals surface area contributed by atoms with Crippen LogP contribution in [0.5, 0.6) is 5.88 Å². The van der Waals surface area contributed by atoms with Crippen molar-refractivity contribution in [3.05, 3.63) is 96.6 Å². The SMILES string of the molecule is C=C[C@@H]1C[C@]1(NC(=O)[C@@H]1C[C@@H](Oc2nc(-c3ccc(C(F)(F)F)cc3)nc3c2oc2ccccc23)CN1C(=O)[C@@H](Nc1cccc(C(=O)NC)c1)C(C)(C)C)C(=O)NS(=O)(=O)C1CC1. The van der Waals surface area contributed by atoms with Crippen LogP contribution in [-0.4, -0.2) is 89.5 Å². The minimum absolute atomic E-state index is 0.0253. The zero-order valence-corrected chi connectivity index (χ0v) is 36.1. The van der Waals surface area contributed by atoms with Gasteiger partial charge in [-0.1, -0.05) is 57.2 Å². The number of alkyl halides is 3. The number of fused-ring (bicyclic) bond motifs is 3. The number of para-hydroxylation sites is 1. The van der Waals surface area contributed by atoms with Crippen molar-refractivity contribution >= 4 is 61.4 Å². The molecule has 1 aliphatic heterocycles. The fourth-order valence-electron chi connectivity index (χ4n) is 8.01. The van der Waals surface area contributed by atoms with Crippen molar-refractivity contribution < 1.29 is 49.9 Å². The molecular formula is C45H46F3N7O8S. The summed E-state index contributed by atoms with van der Waals surface area (Å²) in [6, 6.07) is 15.6. The Hall–Kier alpha value is -6.50. The number of benzene rings is 3. The summed E-state index contributed by atoms with van der Waals surface area (Å²) >= 11 is 0. The molecule has 19 heteroatoms. The third-order valence-electron chi connectivity index (χ3n) is 11.8. The number of halogens is 3. The van der Waals surface area contributed by atoms with Gasteiger partial charge in [-0.2, -0.15) is 18.2 Å². The maximum Gasteiger partial charge on any atom is 0.416 e. The number of sulfonamides is 1. The molecule has 3 aliphatic rings. The molecule has 1 saturated heterocycles. The number of nitrogens with one attached hydrogen (secondary N) is 4. The second kappa shape index (κ2) is 16.2. The highest BCUT2D eigenvalue weighted by atomic mass is 32.2. The number of carbonyl (C=O) groups excluding carboxylic acids is 4. The number of rotatable bonds is 13. The molecule has 0 radical (unpaired) electrons. The molecule has 3 heterocycles. The number of aromatic nitrogens is 2. The molecule has 0 bridgehead atoms.